The smallest absolute Gasteiger partial charge is 0.0846 e. The van der Waals surface area contributed by atoms with E-state index in [0.29, 0.717) is 11.4 Å². The summed E-state index contributed by atoms with van der Waals surface area (Å²) >= 11 is 9.62. The van der Waals surface area contributed by atoms with Gasteiger partial charge in [0.05, 0.1) is 22.0 Å². The number of halogens is 2. The largest absolute Gasteiger partial charge is 0.388 e. The van der Waals surface area contributed by atoms with Crippen LogP contribution >= 0.6 is 27.5 Å². The minimum absolute atomic E-state index is 0.504. The van der Waals surface area contributed by atoms with Crippen LogP contribution in [0.25, 0.3) is 0 Å². The van der Waals surface area contributed by atoms with E-state index in [9.17, 15) is 5.11 Å². The molecule has 1 aromatic heterocycles. The number of hydrogen-bond donors (Lipinski definition) is 1. The molecular formula is C15H18BrClN2O. The van der Waals surface area contributed by atoms with Gasteiger partial charge in [-0.05, 0) is 52.5 Å². The zero-order valence-corrected chi connectivity index (χ0v) is 14.2. The number of rotatable bonds is 4. The number of nitrogens with zero attached hydrogens (tertiary/aromatic N) is 2. The number of aliphatic hydroxyl groups is 1. The first-order chi connectivity index (χ1) is 9.42. The van der Waals surface area contributed by atoms with Crippen LogP contribution in [-0.2, 0) is 19.9 Å². The Hall–Kier alpha value is -0.840. The highest BCUT2D eigenvalue weighted by Crippen LogP contribution is 2.28. The van der Waals surface area contributed by atoms with Gasteiger partial charge in [0.2, 0.25) is 0 Å². The van der Waals surface area contributed by atoms with Crippen molar-refractivity contribution in [3.05, 3.63) is 50.2 Å². The molecule has 108 valence electrons. The summed E-state index contributed by atoms with van der Waals surface area (Å²) in [6, 6.07) is 5.65. The molecule has 0 bridgehead atoms. The van der Waals surface area contributed by atoms with E-state index in [0.717, 1.165) is 33.4 Å². The highest BCUT2D eigenvalue weighted by atomic mass is 79.9. The first kappa shape index (κ1) is 15.5. The second-order valence-electron chi connectivity index (χ2n) is 4.97. The van der Waals surface area contributed by atoms with Crippen LogP contribution < -0.4 is 0 Å². The molecule has 0 saturated heterocycles. The summed E-state index contributed by atoms with van der Waals surface area (Å²) in [5.41, 5.74) is 3.88. The molecule has 1 unspecified atom stereocenters. The average molecular weight is 358 g/mol. The highest BCUT2D eigenvalue weighted by Gasteiger charge is 2.17. The molecule has 0 amide bonds. The van der Waals surface area contributed by atoms with E-state index in [1.165, 1.54) is 0 Å². The summed E-state index contributed by atoms with van der Waals surface area (Å²) in [5.74, 6) is 0. The third-order valence-corrected chi connectivity index (χ3v) is 4.47. The van der Waals surface area contributed by atoms with E-state index in [2.05, 4.69) is 28.0 Å². The molecule has 2 aromatic rings. The van der Waals surface area contributed by atoms with Gasteiger partial charge in [-0.25, -0.2) is 0 Å². The topological polar surface area (TPSA) is 38.0 Å². The minimum Gasteiger partial charge on any atom is -0.388 e. The van der Waals surface area contributed by atoms with Crippen LogP contribution in [0.1, 0.15) is 35.5 Å². The molecule has 20 heavy (non-hydrogen) atoms. The lowest BCUT2D eigenvalue weighted by molar-refractivity contribution is 0.175. The number of aliphatic hydroxyl groups excluding tert-OH is 1. The Morgan fingerprint density at radius 1 is 1.40 bits per heavy atom. The molecule has 0 fully saturated rings. The summed E-state index contributed by atoms with van der Waals surface area (Å²) in [6.45, 7) is 4.03. The van der Waals surface area contributed by atoms with Crippen molar-refractivity contribution in [1.82, 2.24) is 9.78 Å². The molecule has 0 saturated carbocycles. The molecule has 1 heterocycles. The van der Waals surface area contributed by atoms with Gasteiger partial charge in [-0.3, -0.25) is 4.68 Å². The molecule has 0 aliphatic carbocycles. The first-order valence-corrected chi connectivity index (χ1v) is 7.74. The zero-order valence-electron chi connectivity index (χ0n) is 11.8. The van der Waals surface area contributed by atoms with Crippen LogP contribution in [0.15, 0.2) is 22.7 Å². The number of benzene rings is 1. The fourth-order valence-corrected chi connectivity index (χ4v) is 3.38. The third-order valence-electron chi connectivity index (χ3n) is 3.34. The molecule has 3 nitrogen and oxygen atoms in total. The predicted molar refractivity (Wildman–Crippen MR) is 85.1 cm³/mol. The van der Waals surface area contributed by atoms with Crippen LogP contribution in [0.4, 0.5) is 0 Å². The van der Waals surface area contributed by atoms with Gasteiger partial charge in [-0.1, -0.05) is 24.6 Å². The molecule has 0 aliphatic rings. The van der Waals surface area contributed by atoms with E-state index in [-0.39, 0.29) is 0 Å². The number of aromatic nitrogens is 2. The molecule has 1 N–H and O–H groups in total. The predicted octanol–water partition coefficient (Wildman–Crippen LogP) is 3.98. The monoisotopic (exact) mass is 356 g/mol. The van der Waals surface area contributed by atoms with Crippen molar-refractivity contribution in [2.75, 3.05) is 0 Å². The maximum absolute atomic E-state index is 10.4. The first-order valence-electron chi connectivity index (χ1n) is 6.57. The lowest BCUT2D eigenvalue weighted by atomic mass is 10.0. The van der Waals surface area contributed by atoms with E-state index in [4.69, 9.17) is 11.6 Å². The van der Waals surface area contributed by atoms with Crippen molar-refractivity contribution in [2.24, 2.45) is 7.05 Å². The van der Waals surface area contributed by atoms with Crippen molar-refractivity contribution < 1.29 is 5.11 Å². The molecule has 2 rings (SSSR count). The van der Waals surface area contributed by atoms with Crippen molar-refractivity contribution >= 4 is 27.5 Å². The third kappa shape index (κ3) is 3.25. The zero-order chi connectivity index (χ0) is 14.9. The summed E-state index contributed by atoms with van der Waals surface area (Å²) in [5, 5.41) is 15.5. The minimum atomic E-state index is -0.594. The van der Waals surface area contributed by atoms with Gasteiger partial charge >= 0.3 is 0 Å². The van der Waals surface area contributed by atoms with Gasteiger partial charge in [-0.2, -0.15) is 5.10 Å². The standard InChI is InChI=1S/C15H18BrClN2O/c1-4-12-15(16)13(19(3)18-12)8-14(20)10-5-9(2)6-11(17)7-10/h5-7,14,20H,4,8H2,1-3H3. The van der Waals surface area contributed by atoms with Crippen LogP contribution in [0.2, 0.25) is 5.02 Å². The Bertz CT molecular complexity index is 604. The number of hydrogen-bond acceptors (Lipinski definition) is 2. The second kappa shape index (κ2) is 6.29. The summed E-state index contributed by atoms with van der Waals surface area (Å²) in [4.78, 5) is 0. The average Bonchev–Trinajstić information content (AvgIpc) is 2.65. The van der Waals surface area contributed by atoms with Gasteiger partial charge in [-0.15, -0.1) is 0 Å². The summed E-state index contributed by atoms with van der Waals surface area (Å²) in [7, 11) is 1.90. The maximum Gasteiger partial charge on any atom is 0.0846 e. The Labute approximate surface area is 132 Å². The van der Waals surface area contributed by atoms with E-state index in [1.807, 2.05) is 36.9 Å². The van der Waals surface area contributed by atoms with Gasteiger partial charge in [0.15, 0.2) is 0 Å². The fraction of sp³-hybridized carbons (Fsp3) is 0.400. The molecule has 0 radical (unpaired) electrons. The molecule has 1 atom stereocenters. The van der Waals surface area contributed by atoms with E-state index >= 15 is 0 Å². The van der Waals surface area contributed by atoms with Crippen molar-refractivity contribution in [1.29, 1.82) is 0 Å². The highest BCUT2D eigenvalue weighted by molar-refractivity contribution is 9.10. The van der Waals surface area contributed by atoms with Gasteiger partial charge < -0.3 is 5.11 Å². The molecule has 0 spiro atoms. The Balaban J connectivity index is 2.27. The Kier molecular flexibility index (Phi) is 4.89. The van der Waals surface area contributed by atoms with E-state index in [1.54, 1.807) is 0 Å². The van der Waals surface area contributed by atoms with Crippen LogP contribution in [-0.4, -0.2) is 14.9 Å². The molecular weight excluding hydrogens is 340 g/mol. The van der Waals surface area contributed by atoms with Crippen LogP contribution in [0, 0.1) is 6.92 Å². The van der Waals surface area contributed by atoms with Crippen molar-refractivity contribution in [2.45, 2.75) is 32.8 Å². The Morgan fingerprint density at radius 2 is 2.10 bits per heavy atom. The second-order valence-corrected chi connectivity index (χ2v) is 6.20. The Morgan fingerprint density at radius 3 is 2.65 bits per heavy atom. The van der Waals surface area contributed by atoms with Crippen LogP contribution in [0.5, 0.6) is 0 Å². The molecule has 5 heteroatoms. The lowest BCUT2D eigenvalue weighted by Gasteiger charge is -2.13. The maximum atomic E-state index is 10.4. The van der Waals surface area contributed by atoms with Crippen molar-refractivity contribution in [3.63, 3.8) is 0 Å². The van der Waals surface area contributed by atoms with Gasteiger partial charge in [0, 0.05) is 18.5 Å². The SMILES string of the molecule is CCc1nn(C)c(CC(O)c2cc(C)cc(Cl)c2)c1Br. The van der Waals surface area contributed by atoms with Gasteiger partial charge in [0.1, 0.15) is 0 Å². The number of aryl methyl sites for hydroxylation is 3. The summed E-state index contributed by atoms with van der Waals surface area (Å²) in [6.07, 6.45) is 0.772. The van der Waals surface area contributed by atoms with Gasteiger partial charge in [0.25, 0.3) is 0 Å². The van der Waals surface area contributed by atoms with E-state index < -0.39 is 6.10 Å². The lowest BCUT2D eigenvalue weighted by Crippen LogP contribution is -2.07. The summed E-state index contributed by atoms with van der Waals surface area (Å²) < 4.78 is 2.81. The quantitative estimate of drug-likeness (QED) is 0.898. The van der Waals surface area contributed by atoms with Crippen molar-refractivity contribution in [3.8, 4) is 0 Å². The molecule has 1 aromatic carbocycles. The fourth-order valence-electron chi connectivity index (χ4n) is 2.30. The normalized spacial score (nSPS) is 12.7. The molecule has 0 aliphatic heterocycles. The van der Waals surface area contributed by atoms with Crippen LogP contribution in [0.3, 0.4) is 0 Å².